The van der Waals surface area contributed by atoms with Gasteiger partial charge in [0.15, 0.2) is 11.3 Å². The molecule has 3 heterocycles. The van der Waals surface area contributed by atoms with Crippen LogP contribution in [0.5, 0.6) is 0 Å². The third kappa shape index (κ3) is 3.73. The topological polar surface area (TPSA) is 68.1 Å². The lowest BCUT2D eigenvalue weighted by molar-refractivity contribution is 0.00791. The van der Waals surface area contributed by atoms with Gasteiger partial charge >= 0.3 is 0 Å². The van der Waals surface area contributed by atoms with Crippen LogP contribution in [0.1, 0.15) is 32.6 Å². The van der Waals surface area contributed by atoms with E-state index in [4.69, 9.17) is 16.3 Å². The van der Waals surface area contributed by atoms with Crippen LogP contribution in [0.2, 0.25) is 5.28 Å². The van der Waals surface area contributed by atoms with E-state index in [1.54, 1.807) is 0 Å². The Morgan fingerprint density at radius 3 is 2.68 bits per heavy atom. The normalized spacial score (nSPS) is 25.4. The minimum absolute atomic E-state index is 0.271. The van der Waals surface area contributed by atoms with Gasteiger partial charge < -0.3 is 10.1 Å². The van der Waals surface area contributed by atoms with Crippen molar-refractivity contribution in [3.8, 4) is 0 Å². The fraction of sp³-hybridized carbons (Fsp3) is 0.706. The highest BCUT2D eigenvalue weighted by molar-refractivity contribution is 6.28. The molecular weight excluding hydrogens is 340 g/mol. The van der Waals surface area contributed by atoms with Gasteiger partial charge in [-0.25, -0.2) is 4.98 Å². The average Bonchev–Trinajstić information content (AvgIpc) is 3.06. The summed E-state index contributed by atoms with van der Waals surface area (Å²) >= 11 is 6.10. The van der Waals surface area contributed by atoms with Crippen LogP contribution in [0.25, 0.3) is 11.0 Å². The van der Waals surface area contributed by atoms with E-state index >= 15 is 0 Å². The predicted octanol–water partition coefficient (Wildman–Crippen LogP) is 2.55. The van der Waals surface area contributed by atoms with E-state index in [0.29, 0.717) is 12.1 Å². The number of aryl methyl sites for hydroxylation is 1. The molecule has 1 aliphatic heterocycles. The van der Waals surface area contributed by atoms with Crippen LogP contribution in [0.3, 0.4) is 0 Å². The van der Waals surface area contributed by atoms with Gasteiger partial charge in [-0.3, -0.25) is 9.58 Å². The zero-order valence-electron chi connectivity index (χ0n) is 14.6. The number of rotatable bonds is 4. The van der Waals surface area contributed by atoms with E-state index in [0.717, 1.165) is 62.5 Å². The van der Waals surface area contributed by atoms with Gasteiger partial charge in [0.05, 0.1) is 19.4 Å². The van der Waals surface area contributed by atoms with Crippen molar-refractivity contribution in [2.75, 3.05) is 31.6 Å². The van der Waals surface area contributed by atoms with Gasteiger partial charge in [0.2, 0.25) is 5.28 Å². The number of ether oxygens (including phenoxy) is 1. The van der Waals surface area contributed by atoms with Crippen molar-refractivity contribution in [1.82, 2.24) is 24.6 Å². The van der Waals surface area contributed by atoms with Crippen LogP contribution >= 0.6 is 11.6 Å². The molecule has 0 bridgehead atoms. The number of nitrogens with zero attached hydrogens (tertiary/aromatic N) is 5. The van der Waals surface area contributed by atoms with E-state index in [1.165, 1.54) is 12.8 Å². The molecule has 1 aliphatic carbocycles. The van der Waals surface area contributed by atoms with Crippen molar-refractivity contribution < 1.29 is 4.74 Å². The van der Waals surface area contributed by atoms with E-state index in [-0.39, 0.29) is 5.28 Å². The molecule has 2 aromatic heterocycles. The predicted molar refractivity (Wildman–Crippen MR) is 98.1 cm³/mol. The second-order valence-corrected chi connectivity index (χ2v) is 7.20. The maximum absolute atomic E-state index is 6.10. The van der Waals surface area contributed by atoms with Gasteiger partial charge in [0.25, 0.3) is 0 Å². The Morgan fingerprint density at radius 2 is 1.96 bits per heavy atom. The minimum Gasteiger partial charge on any atom is -0.379 e. The molecule has 1 saturated heterocycles. The van der Waals surface area contributed by atoms with Gasteiger partial charge in [0, 0.05) is 31.7 Å². The zero-order valence-corrected chi connectivity index (χ0v) is 15.4. The molecule has 1 saturated carbocycles. The molecule has 8 heteroatoms. The Balaban J connectivity index is 1.43. The summed E-state index contributed by atoms with van der Waals surface area (Å²) in [5, 5.41) is 8.42. The Labute approximate surface area is 152 Å². The Bertz CT molecular complexity index is 721. The van der Waals surface area contributed by atoms with Gasteiger partial charge in [-0.05, 0) is 44.2 Å². The quantitative estimate of drug-likeness (QED) is 0.841. The average molecular weight is 365 g/mol. The number of hydrogen-bond donors (Lipinski definition) is 1. The van der Waals surface area contributed by atoms with Crippen molar-refractivity contribution in [1.29, 1.82) is 0 Å². The first-order valence-electron chi connectivity index (χ1n) is 9.22. The minimum atomic E-state index is 0.271. The molecule has 0 radical (unpaired) electrons. The smallest absolute Gasteiger partial charge is 0.225 e. The molecule has 4 rings (SSSR count). The number of hydrogen-bond acceptors (Lipinski definition) is 6. The Hall–Kier alpha value is -1.44. The lowest BCUT2D eigenvalue weighted by Crippen LogP contribution is -2.46. The molecule has 7 nitrogen and oxygen atoms in total. The maximum atomic E-state index is 6.10. The molecule has 0 spiro atoms. The second-order valence-electron chi connectivity index (χ2n) is 6.86. The van der Waals surface area contributed by atoms with Gasteiger partial charge in [0.1, 0.15) is 5.52 Å². The number of nitrogens with one attached hydrogen (secondary N) is 1. The second kappa shape index (κ2) is 7.43. The van der Waals surface area contributed by atoms with Crippen LogP contribution in [-0.2, 0) is 11.3 Å². The summed E-state index contributed by atoms with van der Waals surface area (Å²) in [5.41, 5.74) is 1.60. The molecule has 2 fully saturated rings. The summed E-state index contributed by atoms with van der Waals surface area (Å²) in [6.45, 7) is 6.74. The highest BCUT2D eigenvalue weighted by Crippen LogP contribution is 2.28. The van der Waals surface area contributed by atoms with E-state index in [1.807, 2.05) is 10.9 Å². The first-order chi connectivity index (χ1) is 12.2. The third-order valence-electron chi connectivity index (χ3n) is 5.31. The molecule has 0 amide bonds. The largest absolute Gasteiger partial charge is 0.379 e. The molecule has 0 unspecified atom stereocenters. The fourth-order valence-corrected chi connectivity index (χ4v) is 4.09. The monoisotopic (exact) mass is 364 g/mol. The summed E-state index contributed by atoms with van der Waals surface area (Å²) in [4.78, 5) is 11.3. The molecular formula is C17H25ClN6O. The molecule has 0 aromatic carbocycles. The van der Waals surface area contributed by atoms with Crippen LogP contribution in [-0.4, -0.2) is 63.0 Å². The van der Waals surface area contributed by atoms with Crippen LogP contribution in [0, 0.1) is 0 Å². The van der Waals surface area contributed by atoms with Gasteiger partial charge in [-0.15, -0.1) is 0 Å². The number of morpholine rings is 1. The number of halogens is 1. The number of fused-ring (bicyclic) bond motifs is 1. The maximum Gasteiger partial charge on any atom is 0.225 e. The lowest BCUT2D eigenvalue weighted by atomic mass is 9.90. The van der Waals surface area contributed by atoms with Gasteiger partial charge in [-0.2, -0.15) is 10.1 Å². The van der Waals surface area contributed by atoms with Crippen molar-refractivity contribution in [3.05, 3.63) is 11.5 Å². The molecule has 2 aliphatic rings. The standard InChI is InChI=1S/C17H25ClN6O/c1-2-24-11-14-15(22-24)16(21-17(18)20-14)19-12-3-5-13(6-4-12)23-7-9-25-10-8-23/h11-13H,2-10H2,1H3,(H,19,20,21). The summed E-state index contributed by atoms with van der Waals surface area (Å²) in [5.74, 6) is 0.761. The van der Waals surface area contributed by atoms with Crippen molar-refractivity contribution in [2.45, 2.75) is 51.2 Å². The van der Waals surface area contributed by atoms with Crippen molar-refractivity contribution in [3.63, 3.8) is 0 Å². The highest BCUT2D eigenvalue weighted by Gasteiger charge is 2.27. The first-order valence-corrected chi connectivity index (χ1v) is 9.59. The Morgan fingerprint density at radius 1 is 1.20 bits per heavy atom. The molecule has 0 atom stereocenters. The summed E-state index contributed by atoms with van der Waals surface area (Å²) in [6.07, 6.45) is 6.62. The Kier molecular flexibility index (Phi) is 5.05. The summed E-state index contributed by atoms with van der Waals surface area (Å²) in [6, 6.07) is 1.11. The third-order valence-corrected chi connectivity index (χ3v) is 5.48. The van der Waals surface area contributed by atoms with Crippen LogP contribution < -0.4 is 5.32 Å². The van der Waals surface area contributed by atoms with E-state index in [2.05, 4.69) is 32.2 Å². The van der Waals surface area contributed by atoms with Gasteiger partial charge in [-0.1, -0.05) is 0 Å². The zero-order chi connectivity index (χ0) is 17.2. The number of aromatic nitrogens is 4. The molecule has 2 aromatic rings. The SMILES string of the molecule is CCn1cc2nc(Cl)nc(NC3CCC(N4CCOCC4)CC3)c2n1. The highest BCUT2D eigenvalue weighted by atomic mass is 35.5. The van der Waals surface area contributed by atoms with E-state index < -0.39 is 0 Å². The van der Waals surface area contributed by atoms with Crippen LogP contribution in [0.4, 0.5) is 5.82 Å². The van der Waals surface area contributed by atoms with Crippen LogP contribution in [0.15, 0.2) is 6.20 Å². The van der Waals surface area contributed by atoms with Crippen molar-refractivity contribution in [2.24, 2.45) is 0 Å². The van der Waals surface area contributed by atoms with E-state index in [9.17, 15) is 0 Å². The molecule has 1 N–H and O–H groups in total. The summed E-state index contributed by atoms with van der Waals surface area (Å²) in [7, 11) is 0. The number of anilines is 1. The van der Waals surface area contributed by atoms with Crippen molar-refractivity contribution >= 4 is 28.5 Å². The first kappa shape index (κ1) is 17.0. The summed E-state index contributed by atoms with van der Waals surface area (Å²) < 4.78 is 7.34. The molecule has 136 valence electrons. The fourth-order valence-electron chi connectivity index (χ4n) is 3.91. The lowest BCUT2D eigenvalue weighted by Gasteiger charge is -2.39. The molecule has 25 heavy (non-hydrogen) atoms.